The molecule has 0 amide bonds. The van der Waals surface area contributed by atoms with E-state index in [1.54, 1.807) is 0 Å². The van der Waals surface area contributed by atoms with Crippen LogP contribution in [0.4, 0.5) is 0 Å². The fourth-order valence-corrected chi connectivity index (χ4v) is 10.1. The van der Waals surface area contributed by atoms with Crippen molar-refractivity contribution in [1.29, 1.82) is 0 Å². The van der Waals surface area contributed by atoms with Gasteiger partial charge in [-0.15, -0.1) is 0 Å². The van der Waals surface area contributed by atoms with Crippen molar-refractivity contribution < 1.29 is 9.53 Å². The molecule has 0 bridgehead atoms. The normalized spacial score (nSPS) is 11.4. The van der Waals surface area contributed by atoms with Gasteiger partial charge in [-0.05, 0) is 38.8 Å². The highest BCUT2D eigenvalue weighted by Gasteiger charge is 2.60. The van der Waals surface area contributed by atoms with Crippen LogP contribution in [0.5, 0.6) is 0 Å². The van der Waals surface area contributed by atoms with Crippen LogP contribution >= 0.6 is 0 Å². The third kappa shape index (κ3) is 20.4. The number of esters is 1. The second kappa shape index (κ2) is 32.7. The maximum Gasteiger partial charge on any atom is 0.306 e. The molecule has 0 aromatic carbocycles. The molecular formula is C9H17B51NO2. The van der Waals surface area contributed by atoms with Crippen molar-refractivity contribution in [3.8, 4) is 0 Å². The number of piperidine rings is 1. The smallest absolute Gasteiger partial charge is 0.306 e. The van der Waals surface area contributed by atoms with Gasteiger partial charge in [-0.1, -0.05) is 0 Å². The molecule has 1 saturated heterocycles. The highest BCUT2D eigenvalue weighted by Crippen LogP contribution is 2.22. The molecule has 1 aliphatic heterocycles. The summed E-state index contributed by atoms with van der Waals surface area (Å²) in [6.07, 6.45) is -27.9. The summed E-state index contributed by atoms with van der Waals surface area (Å²) < 4.78 is 4.89. The van der Waals surface area contributed by atoms with Gasteiger partial charge in [-0.25, -0.2) is 0 Å². The van der Waals surface area contributed by atoms with Crippen LogP contribution in [0.2, 0.25) is 0 Å². The molecule has 1 heterocycles. The molecule has 1 aliphatic rings. The van der Waals surface area contributed by atoms with Crippen molar-refractivity contribution in [1.82, 2.24) is 5.32 Å². The Morgan fingerprint density at radius 3 is 0.873 bits per heavy atom. The van der Waals surface area contributed by atoms with Crippen molar-refractivity contribution in [3.05, 3.63) is 0 Å². The summed E-state index contributed by atoms with van der Waals surface area (Å²) in [6.45, 7) is 4.44. The number of hydrogen-bond donors (Lipinski definition) is 1. The number of carbonyl (C=O) groups excluding carboxylic acids is 1. The van der Waals surface area contributed by atoms with Crippen LogP contribution in [0.1, 0.15) is 26.2 Å². The van der Waals surface area contributed by atoms with E-state index in [9.17, 15) is 4.79 Å². The fraction of sp³-hybridized carbons (Fsp3) is 0.889. The van der Waals surface area contributed by atoms with Crippen LogP contribution in [-0.4, -0.2) is 387 Å². The van der Waals surface area contributed by atoms with Gasteiger partial charge in [-0.3, -0.25) is 4.79 Å². The average molecular weight is 723 g/mol. The van der Waals surface area contributed by atoms with Crippen molar-refractivity contribution in [2.24, 2.45) is 5.92 Å². The molecule has 53 radical (unpaired) electrons. The molecule has 0 unspecified atom stereocenters. The molecule has 1 N–H and O–H groups in total. The highest BCUT2D eigenvalue weighted by atomic mass is 16.5. The van der Waals surface area contributed by atoms with Crippen LogP contribution in [-0.2, 0) is 9.53 Å². The zero-order valence-corrected chi connectivity index (χ0v) is 37.1. The molecule has 3 nitrogen and oxygen atoms in total. The second-order valence-electron chi connectivity index (χ2n) is 17.3. The predicted molar refractivity (Wildman–Crippen MR) is 340 cm³/mol. The lowest BCUT2D eigenvalue weighted by atomic mass is 8.24. The van der Waals surface area contributed by atoms with Gasteiger partial charge in [0.25, 0.3) is 0 Å². The van der Waals surface area contributed by atoms with Crippen molar-refractivity contribution in [2.75, 3.05) is 19.7 Å². The first-order valence-corrected chi connectivity index (χ1v) is 21.4. The molecular weight excluding hydrogens is 706 g/mol. The van der Waals surface area contributed by atoms with Crippen LogP contribution in [0.15, 0.2) is 0 Å². The van der Waals surface area contributed by atoms with Crippen molar-refractivity contribution >= 4 is 367 Å². The van der Waals surface area contributed by atoms with E-state index < -0.39 is 153 Å². The Hall–Kier alpha value is 2.74. The lowest BCUT2D eigenvalue weighted by Crippen LogP contribution is -2.95. The topological polar surface area (TPSA) is 38.3 Å². The molecule has 1 fully saturated rings. The fourth-order valence-electron chi connectivity index (χ4n) is 10.1. The molecule has 223 valence electrons. The predicted octanol–water partition coefficient (Wildman–Crippen LogP) is -18.5. The minimum absolute atomic E-state index is 0.0376. The number of carbonyl (C=O) groups is 1. The molecule has 63 heavy (non-hydrogen) atoms. The Labute approximate surface area is 430 Å². The second-order valence-corrected chi connectivity index (χ2v) is 17.3. The van der Waals surface area contributed by atoms with E-state index in [-0.39, 0.29) is 5.97 Å². The first-order valence-electron chi connectivity index (χ1n) is 21.4. The van der Waals surface area contributed by atoms with Crippen LogP contribution in [0.3, 0.4) is 0 Å². The summed E-state index contributed by atoms with van der Waals surface area (Å²) in [7, 11) is 169. The summed E-state index contributed by atoms with van der Waals surface area (Å²) in [6, 6.07) is 0. The molecule has 1 rings (SSSR count). The van der Waals surface area contributed by atoms with Crippen LogP contribution in [0.25, 0.3) is 0 Å². The van der Waals surface area contributed by atoms with Gasteiger partial charge >= 0.3 is 5.97 Å². The molecule has 0 aromatic heterocycles. The van der Waals surface area contributed by atoms with E-state index in [1.165, 1.54) is 0 Å². The van der Waals surface area contributed by atoms with Gasteiger partial charge in [0.2, 0.25) is 0 Å². The van der Waals surface area contributed by atoms with Crippen LogP contribution < -0.4 is 5.32 Å². The Bertz CT molecular complexity index is 1060. The van der Waals surface area contributed by atoms with E-state index in [4.69, 9.17) is 206 Å². The summed E-state index contributed by atoms with van der Waals surface area (Å²) in [5.74, 6) is 0.509. The SMILES string of the molecule is CCOC(=O)CC1CCNCC1.[B][B]B([B])B(B(B([B])[B])B([B])[B])B(B(B([B])[B])B([B])[B])B(B(B(B([B])[B])B([B])[B])B(B([B])[B])B([B])[B])B(B(B([B])[B])B([B])[B])B(B([B])[B])B([B])[B]. The van der Waals surface area contributed by atoms with Gasteiger partial charge in [0, 0.05) is 368 Å². The first-order chi connectivity index (χ1) is 29.0. The van der Waals surface area contributed by atoms with E-state index in [2.05, 4.69) is 5.32 Å². The average Bonchev–Trinajstić information content (AvgIpc) is 3.12. The van der Waals surface area contributed by atoms with Crippen molar-refractivity contribution in [2.45, 2.75) is 26.2 Å². The number of ether oxygens (including phenoxy) is 1. The molecule has 54 heteroatoms. The zero-order valence-electron chi connectivity index (χ0n) is 37.1. The maximum atomic E-state index is 11.1. The lowest BCUT2D eigenvalue weighted by Gasteiger charge is -2.57. The van der Waals surface area contributed by atoms with Crippen molar-refractivity contribution in [3.63, 3.8) is 0 Å². The van der Waals surface area contributed by atoms with Gasteiger partial charge in [0.15, 0.2) is 0 Å². The third-order valence-corrected chi connectivity index (χ3v) is 12.7. The Morgan fingerprint density at radius 2 is 0.651 bits per heavy atom. The number of hydrogen-bond acceptors (Lipinski definition) is 3. The minimum Gasteiger partial charge on any atom is -0.466 e. The monoisotopic (exact) mass is 733 g/mol. The summed E-state index contributed by atoms with van der Waals surface area (Å²) in [4.78, 5) is 11.1. The van der Waals surface area contributed by atoms with Crippen LogP contribution in [0, 0.1) is 5.92 Å². The quantitative estimate of drug-likeness (QED) is 0.0678. The van der Waals surface area contributed by atoms with Gasteiger partial charge in [-0.2, -0.15) is 0 Å². The van der Waals surface area contributed by atoms with Gasteiger partial charge < -0.3 is 10.1 Å². The van der Waals surface area contributed by atoms with E-state index >= 15 is 0 Å². The standard InChI is InChI=1S/C9H17NO2.B51/c1-2-12-9(11)7-8-3-5-10-6-4-8;1-27-40(26)47(41(28(2)3)29(4)5)50(46(38(22)23)39(24)25)51(48(42(30(6)7)31(8)9)43(32(10)11)33(12)13)49(44(34(14)15)35(16)17)45(36(18)19)37(20)21/h8,10H,2-7H2,1H3;. The maximum absolute atomic E-state index is 11.1. The summed E-state index contributed by atoms with van der Waals surface area (Å²) in [5, 5.41) is 3.27. The van der Waals surface area contributed by atoms with E-state index in [0.717, 1.165) is 33.0 Å². The summed E-state index contributed by atoms with van der Waals surface area (Å²) in [5.41, 5.74) is 0. The Morgan fingerprint density at radius 1 is 0.429 bits per heavy atom. The summed E-state index contributed by atoms with van der Waals surface area (Å²) >= 11 is 0. The number of nitrogens with one attached hydrogen (secondary N) is 1. The van der Waals surface area contributed by atoms with Gasteiger partial charge in [0.05, 0.1) is 6.61 Å². The highest BCUT2D eigenvalue weighted by molar-refractivity contribution is 8.35. The van der Waals surface area contributed by atoms with E-state index in [1.807, 2.05) is 6.92 Å². The molecule has 0 aromatic rings. The lowest BCUT2D eigenvalue weighted by molar-refractivity contribution is -0.144. The minimum atomic E-state index is -1.36. The van der Waals surface area contributed by atoms with Gasteiger partial charge in [0.1, 0.15) is 0 Å². The zero-order chi connectivity index (χ0) is 49.4. The first kappa shape index (κ1) is 65.7. The number of rotatable bonds is 27. The molecule has 0 atom stereocenters. The third-order valence-electron chi connectivity index (χ3n) is 12.7. The molecule has 0 saturated carbocycles. The Kier molecular flexibility index (Phi) is 34.1. The largest absolute Gasteiger partial charge is 0.466 e. The van der Waals surface area contributed by atoms with E-state index in [0.29, 0.717) is 18.9 Å². The molecule has 0 aliphatic carbocycles. The Balaban J connectivity index is 0.00000273. The molecule has 0 spiro atoms.